The maximum Gasteiger partial charge on any atom is 0.197 e. The van der Waals surface area contributed by atoms with Crippen molar-refractivity contribution in [2.45, 2.75) is 10.5 Å². The lowest BCUT2D eigenvalue weighted by atomic mass is 10.1. The molecule has 0 aliphatic heterocycles. The van der Waals surface area contributed by atoms with E-state index in [-0.39, 0.29) is 20.1 Å². The maximum atomic E-state index is 12.5. The fourth-order valence-electron chi connectivity index (χ4n) is 1.83. The van der Waals surface area contributed by atoms with E-state index in [9.17, 15) is 18.0 Å². The highest BCUT2D eigenvalue weighted by Crippen LogP contribution is 2.31. The SMILES string of the molecule is O=C1C(Cl)=C(Cl)C=CC1S(=O)(=O)C1C=CC(Cl)=C(Cl)C1=O. The Hall–Kier alpha value is -0.590. The minimum absolute atomic E-state index is 0.0559. The van der Waals surface area contributed by atoms with Crippen LogP contribution in [0, 0.1) is 0 Å². The van der Waals surface area contributed by atoms with E-state index < -0.39 is 31.9 Å². The first-order valence-electron chi connectivity index (χ1n) is 5.46. The molecule has 0 N–H and O–H groups in total. The van der Waals surface area contributed by atoms with E-state index >= 15 is 0 Å². The number of ketones is 2. The van der Waals surface area contributed by atoms with E-state index in [0.717, 1.165) is 12.2 Å². The van der Waals surface area contributed by atoms with Gasteiger partial charge in [-0.05, 0) is 12.2 Å². The number of carbonyl (C=O) groups is 2. The van der Waals surface area contributed by atoms with Gasteiger partial charge >= 0.3 is 0 Å². The fraction of sp³-hybridized carbons (Fsp3) is 0.167. The summed E-state index contributed by atoms with van der Waals surface area (Å²) >= 11 is 22.6. The van der Waals surface area contributed by atoms with Gasteiger partial charge in [0.1, 0.15) is 20.6 Å². The zero-order valence-electron chi connectivity index (χ0n) is 10.0. The van der Waals surface area contributed by atoms with Gasteiger partial charge < -0.3 is 0 Å². The van der Waals surface area contributed by atoms with Gasteiger partial charge in [0.05, 0.1) is 10.1 Å². The zero-order chi connectivity index (χ0) is 15.9. The molecule has 0 aromatic heterocycles. The van der Waals surface area contributed by atoms with Crippen molar-refractivity contribution < 1.29 is 18.0 Å². The molecule has 0 bridgehead atoms. The number of hydrogen-bond acceptors (Lipinski definition) is 4. The molecule has 0 aromatic rings. The monoisotopic (exact) mass is 386 g/mol. The van der Waals surface area contributed by atoms with Crippen LogP contribution in [-0.2, 0) is 19.4 Å². The Labute approximate surface area is 140 Å². The van der Waals surface area contributed by atoms with E-state index in [1.54, 1.807) is 0 Å². The number of halogens is 4. The van der Waals surface area contributed by atoms with Crippen LogP contribution in [0.3, 0.4) is 0 Å². The van der Waals surface area contributed by atoms with E-state index in [1.165, 1.54) is 12.2 Å². The summed E-state index contributed by atoms with van der Waals surface area (Å²) in [5.74, 6) is -1.77. The van der Waals surface area contributed by atoms with Crippen LogP contribution in [-0.4, -0.2) is 30.5 Å². The summed E-state index contributed by atoms with van der Waals surface area (Å²) < 4.78 is 24.9. The summed E-state index contributed by atoms with van der Waals surface area (Å²) in [6, 6.07) is 0. The molecule has 0 saturated carbocycles. The molecule has 0 fully saturated rings. The largest absolute Gasteiger partial charge is 0.291 e. The van der Waals surface area contributed by atoms with Crippen molar-refractivity contribution in [1.29, 1.82) is 0 Å². The molecule has 0 heterocycles. The highest BCUT2D eigenvalue weighted by molar-refractivity contribution is 7.94. The third-order valence-corrected chi connectivity index (χ3v) is 6.67. The van der Waals surface area contributed by atoms with E-state index in [4.69, 9.17) is 46.4 Å². The van der Waals surface area contributed by atoms with Crippen LogP contribution in [0.15, 0.2) is 44.4 Å². The molecule has 21 heavy (non-hydrogen) atoms. The van der Waals surface area contributed by atoms with E-state index in [2.05, 4.69) is 0 Å². The first kappa shape index (κ1) is 16.8. The van der Waals surface area contributed by atoms with Gasteiger partial charge in [-0.25, -0.2) is 8.42 Å². The fourth-order valence-corrected chi connectivity index (χ4v) is 4.39. The lowest BCUT2D eigenvalue weighted by Crippen LogP contribution is -2.41. The van der Waals surface area contributed by atoms with Gasteiger partial charge in [-0.15, -0.1) is 0 Å². The maximum absolute atomic E-state index is 12.5. The average molecular weight is 388 g/mol. The van der Waals surface area contributed by atoms with Crippen LogP contribution in [0.1, 0.15) is 0 Å². The zero-order valence-corrected chi connectivity index (χ0v) is 13.9. The van der Waals surface area contributed by atoms with Gasteiger partial charge in [0, 0.05) is 0 Å². The third-order valence-electron chi connectivity index (χ3n) is 2.91. The molecule has 2 rings (SSSR count). The molecule has 0 saturated heterocycles. The Morgan fingerprint density at radius 3 is 1.43 bits per heavy atom. The van der Waals surface area contributed by atoms with E-state index in [1.807, 2.05) is 0 Å². The second-order valence-corrected chi connectivity index (χ2v) is 7.96. The van der Waals surface area contributed by atoms with Crippen molar-refractivity contribution >= 4 is 67.8 Å². The molecule has 4 nitrogen and oxygen atoms in total. The first-order valence-corrected chi connectivity index (χ1v) is 8.58. The molecule has 2 unspecified atom stereocenters. The second-order valence-electron chi connectivity index (χ2n) is 4.20. The molecular weight excluding hydrogens is 382 g/mol. The number of hydrogen-bond donors (Lipinski definition) is 0. The van der Waals surface area contributed by atoms with Gasteiger partial charge in [-0.1, -0.05) is 58.6 Å². The van der Waals surface area contributed by atoms with Gasteiger partial charge in [-0.3, -0.25) is 9.59 Å². The summed E-state index contributed by atoms with van der Waals surface area (Å²) in [6.45, 7) is 0. The van der Waals surface area contributed by atoms with Gasteiger partial charge in [0.2, 0.25) is 0 Å². The Morgan fingerprint density at radius 2 is 1.10 bits per heavy atom. The highest BCUT2D eigenvalue weighted by Gasteiger charge is 2.44. The van der Waals surface area contributed by atoms with Crippen molar-refractivity contribution in [2.75, 3.05) is 0 Å². The molecule has 0 amide bonds. The van der Waals surface area contributed by atoms with Crippen LogP contribution in [0.4, 0.5) is 0 Å². The molecule has 112 valence electrons. The van der Waals surface area contributed by atoms with Crippen molar-refractivity contribution in [3.63, 3.8) is 0 Å². The van der Waals surface area contributed by atoms with Crippen LogP contribution < -0.4 is 0 Å². The van der Waals surface area contributed by atoms with Gasteiger partial charge in [-0.2, -0.15) is 0 Å². The van der Waals surface area contributed by atoms with Gasteiger partial charge in [0.25, 0.3) is 0 Å². The Balaban J connectivity index is 2.43. The van der Waals surface area contributed by atoms with Crippen molar-refractivity contribution in [3.8, 4) is 0 Å². The molecule has 2 atom stereocenters. The van der Waals surface area contributed by atoms with Gasteiger partial charge in [0.15, 0.2) is 21.4 Å². The van der Waals surface area contributed by atoms with Crippen molar-refractivity contribution in [3.05, 3.63) is 44.4 Å². The van der Waals surface area contributed by atoms with E-state index in [0.29, 0.717) is 0 Å². The van der Waals surface area contributed by atoms with Crippen LogP contribution in [0.2, 0.25) is 0 Å². The average Bonchev–Trinajstić information content (AvgIpc) is 2.41. The Kier molecular flexibility index (Phi) is 4.71. The van der Waals surface area contributed by atoms with Crippen LogP contribution in [0.5, 0.6) is 0 Å². The van der Waals surface area contributed by atoms with Crippen molar-refractivity contribution in [2.24, 2.45) is 0 Å². The minimum Gasteiger partial charge on any atom is -0.291 e. The summed E-state index contributed by atoms with van der Waals surface area (Å²) in [7, 11) is -4.22. The number of allylic oxidation sites excluding steroid dienone is 6. The molecule has 9 heteroatoms. The standard InChI is InChI=1S/C12H6Cl4O4S/c13-5-1-3-7(11(17)9(5)15)21(19,20)8-4-2-6(14)10(16)12(8)18/h1-4,7-8H. The first-order chi connectivity index (χ1) is 9.67. The molecule has 2 aliphatic rings. The van der Waals surface area contributed by atoms with Crippen LogP contribution >= 0.6 is 46.4 Å². The number of carbonyl (C=O) groups excluding carboxylic acids is 2. The Morgan fingerprint density at radius 1 is 0.762 bits per heavy atom. The van der Waals surface area contributed by atoms with Crippen molar-refractivity contribution in [1.82, 2.24) is 0 Å². The number of rotatable bonds is 2. The Bertz CT molecular complexity index is 700. The highest BCUT2D eigenvalue weighted by atomic mass is 35.5. The minimum atomic E-state index is -4.22. The lowest BCUT2D eigenvalue weighted by molar-refractivity contribution is -0.114. The summed E-state index contributed by atoms with van der Waals surface area (Å²) in [5, 5.41) is -4.07. The molecular formula is C12H6Cl4O4S. The topological polar surface area (TPSA) is 68.3 Å². The molecule has 0 spiro atoms. The smallest absolute Gasteiger partial charge is 0.197 e. The number of Topliss-reactive ketones (excluding diaryl/α,β-unsaturated/α-hetero) is 2. The summed E-state index contributed by atoms with van der Waals surface area (Å²) in [5.41, 5.74) is 0. The molecule has 2 aliphatic carbocycles. The van der Waals surface area contributed by atoms with Crippen LogP contribution in [0.25, 0.3) is 0 Å². The molecule has 0 radical (unpaired) electrons. The second kappa shape index (κ2) is 5.89. The third kappa shape index (κ3) is 2.85. The predicted octanol–water partition coefficient (Wildman–Crippen LogP) is 2.79. The lowest BCUT2D eigenvalue weighted by Gasteiger charge is -2.22. The predicted molar refractivity (Wildman–Crippen MR) is 82.3 cm³/mol. The molecule has 0 aromatic carbocycles. The normalized spacial score (nSPS) is 26.9. The number of sulfone groups is 1. The summed E-state index contributed by atoms with van der Waals surface area (Å²) in [6.07, 6.45) is 4.57. The summed E-state index contributed by atoms with van der Waals surface area (Å²) in [4.78, 5) is 23.9. The quantitative estimate of drug-likeness (QED) is 0.730.